The molecule has 1 rings (SSSR count). The fraction of sp³-hybridized carbons (Fsp3) is 0.143. The number of nitrogens with one attached hydrogen (secondary N) is 1. The molecule has 0 radical (unpaired) electrons. The minimum atomic E-state index is -4.68. The molecule has 0 heterocycles. The number of hydrogen-bond acceptors (Lipinski definition) is 4. The Morgan fingerprint density at radius 2 is 1.53 bits per heavy atom. The maximum atomic E-state index is 12.2. The molecule has 0 atom stereocenters. The molecule has 1 aromatic carbocycles. The Kier molecular flexibility index (Phi) is 3.69. The predicted octanol–water partition coefficient (Wildman–Crippen LogP) is 0.298. The molecule has 0 aromatic heterocycles. The van der Waals surface area contributed by atoms with Gasteiger partial charge in [-0.25, -0.2) is 13.6 Å². The molecule has 96 valence electrons. The fourth-order valence-electron chi connectivity index (χ4n) is 0.980. The average Bonchev–Trinajstić information content (AvgIpc) is 2.15. The molecule has 0 amide bonds. The van der Waals surface area contributed by atoms with Crippen LogP contribution in [-0.4, -0.2) is 22.6 Å². The molecule has 3 N–H and O–H groups in total. The van der Waals surface area contributed by atoms with Crippen LogP contribution in [-0.2, 0) is 20.0 Å². The number of benzene rings is 1. The van der Waals surface area contributed by atoms with Gasteiger partial charge in [-0.1, -0.05) is 0 Å². The number of rotatable bonds is 4. The van der Waals surface area contributed by atoms with Crippen LogP contribution in [0, 0.1) is 0 Å². The van der Waals surface area contributed by atoms with E-state index < -0.39 is 30.7 Å². The number of alkyl halides is 2. The third-order valence-corrected chi connectivity index (χ3v) is 3.60. The molecule has 0 fully saturated rings. The summed E-state index contributed by atoms with van der Waals surface area (Å²) < 4.78 is 69.4. The third kappa shape index (κ3) is 3.61. The molecule has 0 saturated heterocycles. The molecule has 0 saturated carbocycles. The lowest BCUT2D eigenvalue weighted by Gasteiger charge is -2.05. The number of hydrogen-bond donors (Lipinski definition) is 2. The topological polar surface area (TPSA) is 106 Å². The van der Waals surface area contributed by atoms with Gasteiger partial charge >= 0.3 is 5.76 Å². The lowest BCUT2D eigenvalue weighted by molar-refractivity contribution is 0.234. The average molecular weight is 286 g/mol. The molecule has 0 unspecified atom stereocenters. The largest absolute Gasteiger partial charge is 0.341 e. The summed E-state index contributed by atoms with van der Waals surface area (Å²) in [5.41, 5.74) is -0.0271. The zero-order valence-electron chi connectivity index (χ0n) is 8.17. The summed E-state index contributed by atoms with van der Waals surface area (Å²) in [5, 5.41) is 4.66. The van der Waals surface area contributed by atoms with Gasteiger partial charge in [0, 0.05) is 5.69 Å². The van der Waals surface area contributed by atoms with E-state index in [1.807, 2.05) is 4.72 Å². The molecule has 0 aliphatic heterocycles. The van der Waals surface area contributed by atoms with Gasteiger partial charge in [0.1, 0.15) is 0 Å². The van der Waals surface area contributed by atoms with Gasteiger partial charge in [0.25, 0.3) is 10.2 Å². The van der Waals surface area contributed by atoms with Crippen molar-refractivity contribution in [3.05, 3.63) is 24.3 Å². The molecule has 0 aliphatic carbocycles. The number of sulfone groups is 1. The van der Waals surface area contributed by atoms with Gasteiger partial charge in [0.15, 0.2) is 0 Å². The van der Waals surface area contributed by atoms with Crippen LogP contribution in [0.3, 0.4) is 0 Å². The summed E-state index contributed by atoms with van der Waals surface area (Å²) in [5.74, 6) is -3.53. The van der Waals surface area contributed by atoms with Crippen LogP contribution < -0.4 is 9.86 Å². The van der Waals surface area contributed by atoms with Gasteiger partial charge in [-0.2, -0.15) is 17.2 Å². The second kappa shape index (κ2) is 4.55. The van der Waals surface area contributed by atoms with Crippen molar-refractivity contribution in [3.63, 3.8) is 0 Å². The highest BCUT2D eigenvalue weighted by molar-refractivity contribution is 7.91. The summed E-state index contributed by atoms with van der Waals surface area (Å²) in [4.78, 5) is -0.604. The molecule has 10 heteroatoms. The summed E-state index contributed by atoms with van der Waals surface area (Å²) in [6.45, 7) is 0. The van der Waals surface area contributed by atoms with Crippen molar-refractivity contribution in [1.82, 2.24) is 0 Å². The summed E-state index contributed by atoms with van der Waals surface area (Å²) >= 11 is 0. The highest BCUT2D eigenvalue weighted by atomic mass is 32.2. The molecule has 0 spiro atoms. The van der Waals surface area contributed by atoms with Crippen LogP contribution in [0.1, 0.15) is 0 Å². The lowest BCUT2D eigenvalue weighted by atomic mass is 10.3. The van der Waals surface area contributed by atoms with Crippen molar-refractivity contribution in [2.75, 3.05) is 4.72 Å². The first kappa shape index (κ1) is 13.8. The summed E-state index contributed by atoms with van der Waals surface area (Å²) in [7, 11) is -8.67. The first-order chi connectivity index (χ1) is 7.63. The SMILES string of the molecule is NS(=O)(=O)Nc1ccc(S(=O)(=O)C(F)F)cc1. The Bertz CT molecular complexity index is 595. The van der Waals surface area contributed by atoms with Gasteiger partial charge in [-0.05, 0) is 24.3 Å². The lowest BCUT2D eigenvalue weighted by Crippen LogP contribution is -2.21. The van der Waals surface area contributed by atoms with E-state index in [-0.39, 0.29) is 5.69 Å². The Morgan fingerprint density at radius 1 is 1.06 bits per heavy atom. The van der Waals surface area contributed by atoms with Gasteiger partial charge in [0.05, 0.1) is 4.90 Å². The standard InChI is InChI=1S/C7H8F2N2O4S2/c8-7(9)16(12,13)6-3-1-5(2-4-6)11-17(10,14)15/h1-4,7,11H,(H2,10,14,15). The van der Waals surface area contributed by atoms with Crippen molar-refractivity contribution >= 4 is 25.7 Å². The van der Waals surface area contributed by atoms with Crippen molar-refractivity contribution in [2.45, 2.75) is 10.7 Å². The Labute approximate surface area is 96.5 Å². The normalized spacial score (nSPS) is 12.7. The Balaban J connectivity index is 3.05. The summed E-state index contributed by atoms with van der Waals surface area (Å²) in [6.07, 6.45) is 0. The van der Waals surface area contributed by atoms with Crippen molar-refractivity contribution in [1.29, 1.82) is 0 Å². The van der Waals surface area contributed by atoms with Crippen molar-refractivity contribution in [2.24, 2.45) is 5.14 Å². The maximum absolute atomic E-state index is 12.2. The van der Waals surface area contributed by atoms with Crippen LogP contribution in [0.4, 0.5) is 14.5 Å². The third-order valence-electron chi connectivity index (χ3n) is 1.68. The highest BCUT2D eigenvalue weighted by Crippen LogP contribution is 2.20. The van der Waals surface area contributed by atoms with Gasteiger partial charge in [-0.15, -0.1) is 0 Å². The Hall–Kier alpha value is -1.26. The molecular formula is C7H8F2N2O4S2. The molecule has 0 aliphatic rings. The van der Waals surface area contributed by atoms with E-state index in [4.69, 9.17) is 0 Å². The van der Waals surface area contributed by atoms with E-state index in [1.54, 1.807) is 0 Å². The van der Waals surface area contributed by atoms with Crippen LogP contribution in [0.5, 0.6) is 0 Å². The van der Waals surface area contributed by atoms with Gasteiger partial charge < -0.3 is 0 Å². The molecule has 17 heavy (non-hydrogen) atoms. The highest BCUT2D eigenvalue weighted by Gasteiger charge is 2.26. The van der Waals surface area contributed by atoms with E-state index in [2.05, 4.69) is 5.14 Å². The zero-order chi connectivity index (χ0) is 13.3. The zero-order valence-corrected chi connectivity index (χ0v) is 9.80. The number of anilines is 1. The monoisotopic (exact) mass is 286 g/mol. The van der Waals surface area contributed by atoms with Gasteiger partial charge in [0.2, 0.25) is 9.84 Å². The first-order valence-corrected chi connectivity index (χ1v) is 7.15. The van der Waals surface area contributed by atoms with E-state index in [0.717, 1.165) is 24.3 Å². The first-order valence-electron chi connectivity index (χ1n) is 4.05. The van der Waals surface area contributed by atoms with Crippen molar-refractivity contribution in [3.8, 4) is 0 Å². The fourth-order valence-corrected chi connectivity index (χ4v) is 2.17. The van der Waals surface area contributed by atoms with Crippen molar-refractivity contribution < 1.29 is 25.6 Å². The van der Waals surface area contributed by atoms with E-state index in [9.17, 15) is 25.6 Å². The summed E-state index contributed by atoms with van der Waals surface area (Å²) in [6, 6.07) is 3.74. The quantitative estimate of drug-likeness (QED) is 0.830. The molecule has 6 nitrogen and oxygen atoms in total. The predicted molar refractivity (Wildman–Crippen MR) is 56.4 cm³/mol. The van der Waals surface area contributed by atoms with Crippen LogP contribution in [0.25, 0.3) is 0 Å². The Morgan fingerprint density at radius 3 is 1.88 bits per heavy atom. The van der Waals surface area contributed by atoms with Crippen LogP contribution in [0.2, 0.25) is 0 Å². The van der Waals surface area contributed by atoms with E-state index in [1.165, 1.54) is 0 Å². The van der Waals surface area contributed by atoms with E-state index in [0.29, 0.717) is 0 Å². The maximum Gasteiger partial charge on any atom is 0.341 e. The van der Waals surface area contributed by atoms with Crippen LogP contribution in [0.15, 0.2) is 29.2 Å². The number of nitrogens with two attached hydrogens (primary N) is 1. The van der Waals surface area contributed by atoms with Crippen LogP contribution >= 0.6 is 0 Å². The number of halogens is 2. The molecule has 0 bridgehead atoms. The molecular weight excluding hydrogens is 278 g/mol. The second-order valence-corrected chi connectivity index (χ2v) is 6.19. The molecule has 1 aromatic rings. The minimum absolute atomic E-state index is 0.0271. The minimum Gasteiger partial charge on any atom is -0.271 e. The van der Waals surface area contributed by atoms with E-state index >= 15 is 0 Å². The van der Waals surface area contributed by atoms with Gasteiger partial charge in [-0.3, -0.25) is 4.72 Å². The smallest absolute Gasteiger partial charge is 0.271 e. The second-order valence-electron chi connectivity index (χ2n) is 2.98.